The van der Waals surface area contributed by atoms with E-state index in [4.69, 9.17) is 4.74 Å². The van der Waals surface area contributed by atoms with Gasteiger partial charge in [-0.3, -0.25) is 0 Å². The molecule has 88 valence electrons. The molecule has 0 radical (unpaired) electrons. The summed E-state index contributed by atoms with van der Waals surface area (Å²) in [5.41, 5.74) is 0.264. The molecule has 0 aromatic rings. The monoisotopic (exact) mass is 213 g/mol. The van der Waals surface area contributed by atoms with Gasteiger partial charge in [-0.2, -0.15) is 0 Å². The van der Waals surface area contributed by atoms with Crippen molar-refractivity contribution in [2.45, 2.75) is 25.7 Å². The summed E-state index contributed by atoms with van der Waals surface area (Å²) in [5, 5.41) is 9.26. The van der Waals surface area contributed by atoms with Crippen molar-refractivity contribution in [3.8, 4) is 0 Å². The van der Waals surface area contributed by atoms with Gasteiger partial charge in [-0.15, -0.1) is 0 Å². The minimum absolute atomic E-state index is 0.264. The van der Waals surface area contributed by atoms with E-state index in [1.165, 1.54) is 32.2 Å². The lowest BCUT2D eigenvalue weighted by atomic mass is 9.99. The van der Waals surface area contributed by atoms with Crippen LogP contribution in [0, 0.1) is 11.3 Å². The van der Waals surface area contributed by atoms with Gasteiger partial charge in [0.15, 0.2) is 0 Å². The van der Waals surface area contributed by atoms with E-state index in [-0.39, 0.29) is 5.41 Å². The molecule has 0 amide bonds. The van der Waals surface area contributed by atoms with Crippen LogP contribution in [-0.4, -0.2) is 50.0 Å². The number of hydrogen-bond donors (Lipinski definition) is 1. The molecule has 2 fully saturated rings. The van der Waals surface area contributed by atoms with Crippen molar-refractivity contribution in [1.82, 2.24) is 4.90 Å². The Balaban J connectivity index is 1.69. The lowest BCUT2D eigenvalue weighted by Crippen LogP contribution is -2.34. The van der Waals surface area contributed by atoms with E-state index < -0.39 is 0 Å². The van der Waals surface area contributed by atoms with E-state index >= 15 is 0 Å². The minimum Gasteiger partial charge on any atom is -0.396 e. The maximum atomic E-state index is 9.26. The molecule has 1 saturated heterocycles. The lowest BCUT2D eigenvalue weighted by molar-refractivity contribution is 0.0512. The van der Waals surface area contributed by atoms with Gasteiger partial charge >= 0.3 is 0 Å². The van der Waals surface area contributed by atoms with Crippen LogP contribution in [0.2, 0.25) is 0 Å². The van der Waals surface area contributed by atoms with Crippen LogP contribution in [0.3, 0.4) is 0 Å². The van der Waals surface area contributed by atoms with Gasteiger partial charge in [-0.05, 0) is 38.6 Å². The molecule has 3 nitrogen and oxygen atoms in total. The normalized spacial score (nSPS) is 25.8. The van der Waals surface area contributed by atoms with Crippen molar-refractivity contribution in [1.29, 1.82) is 0 Å². The van der Waals surface area contributed by atoms with Gasteiger partial charge in [0, 0.05) is 38.3 Å². The zero-order valence-electron chi connectivity index (χ0n) is 9.74. The molecule has 1 heterocycles. The Morgan fingerprint density at radius 1 is 1.33 bits per heavy atom. The van der Waals surface area contributed by atoms with E-state index in [9.17, 15) is 5.11 Å². The highest BCUT2D eigenvalue weighted by Crippen LogP contribution is 2.45. The number of ether oxygens (including phenoxy) is 1. The zero-order valence-corrected chi connectivity index (χ0v) is 9.74. The van der Waals surface area contributed by atoms with Crippen LogP contribution in [0.15, 0.2) is 0 Å². The molecule has 1 aliphatic heterocycles. The van der Waals surface area contributed by atoms with Gasteiger partial charge < -0.3 is 14.7 Å². The first-order valence-electron chi connectivity index (χ1n) is 6.11. The fourth-order valence-corrected chi connectivity index (χ4v) is 2.55. The van der Waals surface area contributed by atoms with Crippen LogP contribution >= 0.6 is 0 Å². The van der Waals surface area contributed by atoms with Crippen LogP contribution in [-0.2, 0) is 4.74 Å². The third-order valence-corrected chi connectivity index (χ3v) is 3.81. The molecule has 1 N–H and O–H groups in total. The molecule has 0 spiro atoms. The van der Waals surface area contributed by atoms with Gasteiger partial charge in [0.05, 0.1) is 0 Å². The van der Waals surface area contributed by atoms with Crippen LogP contribution in [0.5, 0.6) is 0 Å². The average molecular weight is 213 g/mol. The fraction of sp³-hybridized carbons (Fsp3) is 1.00. The summed E-state index contributed by atoms with van der Waals surface area (Å²) < 4.78 is 5.36. The summed E-state index contributed by atoms with van der Waals surface area (Å²) >= 11 is 0. The third kappa shape index (κ3) is 3.16. The molecule has 0 bridgehead atoms. The summed E-state index contributed by atoms with van der Waals surface area (Å²) in [7, 11) is 2.19. The van der Waals surface area contributed by atoms with E-state index in [0.29, 0.717) is 6.61 Å². The number of rotatable bonds is 5. The predicted molar refractivity (Wildman–Crippen MR) is 59.8 cm³/mol. The van der Waals surface area contributed by atoms with Crippen molar-refractivity contribution >= 4 is 0 Å². The largest absolute Gasteiger partial charge is 0.396 e. The molecule has 0 aromatic heterocycles. The first-order chi connectivity index (χ1) is 7.24. The Bertz CT molecular complexity index is 198. The summed E-state index contributed by atoms with van der Waals surface area (Å²) in [6, 6.07) is 0. The molecule has 2 rings (SSSR count). The Morgan fingerprint density at radius 2 is 2.00 bits per heavy atom. The minimum atomic E-state index is 0.264. The number of nitrogens with zero attached hydrogens (tertiary/aromatic N) is 1. The average Bonchev–Trinajstić information content (AvgIpc) is 3.00. The molecular formula is C12H23NO2. The maximum Gasteiger partial charge on any atom is 0.0499 e. The van der Waals surface area contributed by atoms with Crippen molar-refractivity contribution in [3.05, 3.63) is 0 Å². The SMILES string of the molecule is CN(CC1CCOCC1)CC1(CO)CC1. The number of aliphatic hydroxyl groups excluding tert-OH is 1. The molecule has 1 aliphatic carbocycles. The van der Waals surface area contributed by atoms with Gasteiger partial charge in [0.25, 0.3) is 0 Å². The van der Waals surface area contributed by atoms with Gasteiger partial charge in [0.2, 0.25) is 0 Å². The quantitative estimate of drug-likeness (QED) is 0.743. The molecule has 15 heavy (non-hydrogen) atoms. The molecular weight excluding hydrogens is 190 g/mol. The lowest BCUT2D eigenvalue weighted by Gasteiger charge is -2.29. The third-order valence-electron chi connectivity index (χ3n) is 3.81. The Kier molecular flexibility index (Phi) is 3.65. The number of hydrogen-bond acceptors (Lipinski definition) is 3. The van der Waals surface area contributed by atoms with Gasteiger partial charge in [-0.25, -0.2) is 0 Å². The second-order valence-corrected chi connectivity index (χ2v) is 5.41. The van der Waals surface area contributed by atoms with Crippen molar-refractivity contribution in [2.24, 2.45) is 11.3 Å². The van der Waals surface area contributed by atoms with E-state index in [1.54, 1.807) is 0 Å². The fourth-order valence-electron chi connectivity index (χ4n) is 2.55. The van der Waals surface area contributed by atoms with Crippen molar-refractivity contribution in [3.63, 3.8) is 0 Å². The summed E-state index contributed by atoms with van der Waals surface area (Å²) in [5.74, 6) is 0.804. The van der Waals surface area contributed by atoms with Crippen LogP contribution in [0.25, 0.3) is 0 Å². The van der Waals surface area contributed by atoms with E-state index in [0.717, 1.165) is 25.7 Å². The molecule has 1 saturated carbocycles. The highest BCUT2D eigenvalue weighted by atomic mass is 16.5. The number of aliphatic hydroxyl groups is 1. The Morgan fingerprint density at radius 3 is 2.53 bits per heavy atom. The van der Waals surface area contributed by atoms with Gasteiger partial charge in [0.1, 0.15) is 0 Å². The first-order valence-corrected chi connectivity index (χ1v) is 6.11. The predicted octanol–water partition coefficient (Wildman–Crippen LogP) is 1.12. The second kappa shape index (κ2) is 4.81. The first kappa shape index (κ1) is 11.4. The van der Waals surface area contributed by atoms with Crippen LogP contribution in [0.1, 0.15) is 25.7 Å². The van der Waals surface area contributed by atoms with E-state index in [1.807, 2.05) is 0 Å². The highest BCUT2D eigenvalue weighted by Gasteiger charge is 2.42. The molecule has 2 aliphatic rings. The molecule has 0 aromatic carbocycles. The van der Waals surface area contributed by atoms with Crippen molar-refractivity contribution < 1.29 is 9.84 Å². The zero-order chi connectivity index (χ0) is 10.7. The summed E-state index contributed by atoms with van der Waals surface area (Å²) in [6.45, 7) is 4.48. The summed E-state index contributed by atoms with van der Waals surface area (Å²) in [6.07, 6.45) is 4.83. The Labute approximate surface area is 92.4 Å². The highest BCUT2D eigenvalue weighted by molar-refractivity contribution is 4.94. The topological polar surface area (TPSA) is 32.7 Å². The standard InChI is InChI=1S/C12H23NO2/c1-13(9-12(10-14)4-5-12)8-11-2-6-15-7-3-11/h11,14H,2-10H2,1H3. The Hall–Kier alpha value is -0.120. The maximum absolute atomic E-state index is 9.26. The molecule has 3 heteroatoms. The smallest absolute Gasteiger partial charge is 0.0499 e. The van der Waals surface area contributed by atoms with Crippen LogP contribution in [0.4, 0.5) is 0 Å². The van der Waals surface area contributed by atoms with Crippen LogP contribution < -0.4 is 0 Å². The second-order valence-electron chi connectivity index (χ2n) is 5.41. The molecule has 0 unspecified atom stereocenters. The van der Waals surface area contributed by atoms with Gasteiger partial charge in [-0.1, -0.05) is 0 Å². The molecule has 0 atom stereocenters. The van der Waals surface area contributed by atoms with Crippen molar-refractivity contribution in [2.75, 3.05) is 40.0 Å². The summed E-state index contributed by atoms with van der Waals surface area (Å²) in [4.78, 5) is 2.40. The van der Waals surface area contributed by atoms with E-state index in [2.05, 4.69) is 11.9 Å².